The maximum absolute atomic E-state index is 12.9. The predicted molar refractivity (Wildman–Crippen MR) is 104 cm³/mol. The van der Waals surface area contributed by atoms with Gasteiger partial charge in [-0.15, -0.1) is 0 Å². The summed E-state index contributed by atoms with van der Waals surface area (Å²) < 4.78 is 24.3. The van der Waals surface area contributed by atoms with Gasteiger partial charge in [-0.3, -0.25) is 4.79 Å². The molecule has 0 aromatic heterocycles. The van der Waals surface area contributed by atoms with Gasteiger partial charge in [0.05, 0.1) is 4.90 Å². The van der Waals surface area contributed by atoms with E-state index in [-0.39, 0.29) is 16.7 Å². The Bertz CT molecular complexity index is 1000. The number of benzene rings is 2. The minimum absolute atomic E-state index is 0.0483. The molecule has 2 aromatic carbocycles. The van der Waals surface area contributed by atoms with Gasteiger partial charge >= 0.3 is 0 Å². The molecule has 26 heavy (non-hydrogen) atoms. The number of carbonyl (C=O) groups excluding carboxylic acids is 1. The molecule has 2 aromatic rings. The Hall–Kier alpha value is -1.70. The zero-order chi connectivity index (χ0) is 18.5. The normalized spacial score (nSPS) is 18.7. The van der Waals surface area contributed by atoms with Crippen molar-refractivity contribution in [2.24, 2.45) is 11.1 Å². The number of rotatable bonds is 3. The van der Waals surface area contributed by atoms with Crippen LogP contribution in [0.3, 0.4) is 0 Å². The monoisotopic (exact) mass is 434 g/mol. The van der Waals surface area contributed by atoms with Gasteiger partial charge in [-0.2, -0.15) is 0 Å². The van der Waals surface area contributed by atoms with Crippen LogP contribution in [0.25, 0.3) is 0 Å². The zero-order valence-electron chi connectivity index (χ0n) is 14.1. The van der Waals surface area contributed by atoms with Crippen molar-refractivity contribution < 1.29 is 13.2 Å². The van der Waals surface area contributed by atoms with Crippen molar-refractivity contribution in [1.82, 2.24) is 0 Å². The summed E-state index contributed by atoms with van der Waals surface area (Å²) in [4.78, 5) is 14.6. The van der Waals surface area contributed by atoms with E-state index in [1.165, 1.54) is 23.3 Å². The number of hydrogen-bond acceptors (Lipinski definition) is 3. The molecule has 1 aliphatic carbocycles. The lowest BCUT2D eigenvalue weighted by atomic mass is 10.0. The van der Waals surface area contributed by atoms with Gasteiger partial charge in [-0.1, -0.05) is 28.1 Å². The number of sulfonamides is 1. The molecule has 7 heteroatoms. The predicted octanol–water partition coefficient (Wildman–Crippen LogP) is 2.79. The lowest BCUT2D eigenvalue weighted by Gasteiger charge is -2.20. The smallest absolute Gasteiger partial charge is 0.238 e. The minimum atomic E-state index is -3.78. The number of halogens is 1. The third-order valence-corrected chi connectivity index (χ3v) is 6.63. The SMILES string of the molecule is NS(=O)(=O)c1ccc2c(c1)N(C(=O)C[C@@H]1Cc3ccc(Br)cc3C1)CC2. The Balaban J connectivity index is 1.51. The summed E-state index contributed by atoms with van der Waals surface area (Å²) in [6.45, 7) is 0.591. The van der Waals surface area contributed by atoms with Gasteiger partial charge in [-0.25, -0.2) is 13.6 Å². The van der Waals surface area contributed by atoms with Crippen LogP contribution in [0.1, 0.15) is 23.1 Å². The third kappa shape index (κ3) is 3.31. The summed E-state index contributed by atoms with van der Waals surface area (Å²) in [5, 5.41) is 5.23. The zero-order valence-corrected chi connectivity index (χ0v) is 16.5. The Labute approximate surface area is 161 Å². The Kier molecular flexibility index (Phi) is 4.41. The first-order valence-corrected chi connectivity index (χ1v) is 10.9. The second-order valence-electron chi connectivity index (χ2n) is 7.02. The molecular formula is C19H19BrN2O3S. The topological polar surface area (TPSA) is 80.5 Å². The van der Waals surface area contributed by atoms with E-state index in [0.717, 1.165) is 29.3 Å². The number of fused-ring (bicyclic) bond motifs is 2. The second kappa shape index (κ2) is 6.48. The molecule has 0 radical (unpaired) electrons. The van der Waals surface area contributed by atoms with Crippen LogP contribution in [0.5, 0.6) is 0 Å². The number of amides is 1. The van der Waals surface area contributed by atoms with E-state index in [9.17, 15) is 13.2 Å². The fourth-order valence-corrected chi connectivity index (χ4v) is 4.92. The van der Waals surface area contributed by atoms with Crippen LogP contribution in [0, 0.1) is 5.92 Å². The lowest BCUT2D eigenvalue weighted by molar-refractivity contribution is -0.119. The van der Waals surface area contributed by atoms with Crippen LogP contribution in [-0.4, -0.2) is 20.9 Å². The van der Waals surface area contributed by atoms with Gasteiger partial charge in [0.2, 0.25) is 15.9 Å². The maximum Gasteiger partial charge on any atom is 0.238 e. The van der Waals surface area contributed by atoms with Crippen molar-refractivity contribution in [2.45, 2.75) is 30.6 Å². The summed E-state index contributed by atoms with van der Waals surface area (Å²) >= 11 is 3.50. The van der Waals surface area contributed by atoms with Crippen molar-refractivity contribution in [3.63, 3.8) is 0 Å². The van der Waals surface area contributed by atoms with E-state index < -0.39 is 10.0 Å². The van der Waals surface area contributed by atoms with Crippen LogP contribution in [0.4, 0.5) is 5.69 Å². The molecule has 0 saturated heterocycles. The van der Waals surface area contributed by atoms with Gasteiger partial charge in [0.15, 0.2) is 0 Å². The number of anilines is 1. The minimum Gasteiger partial charge on any atom is -0.312 e. The Morgan fingerprint density at radius 2 is 1.85 bits per heavy atom. The average molecular weight is 435 g/mol. The highest BCUT2D eigenvalue weighted by molar-refractivity contribution is 9.10. The van der Waals surface area contributed by atoms with Crippen molar-refractivity contribution in [3.8, 4) is 0 Å². The fraction of sp³-hybridized carbons (Fsp3) is 0.316. The molecule has 0 saturated carbocycles. The molecule has 2 N–H and O–H groups in total. The molecule has 0 unspecified atom stereocenters. The van der Waals surface area contributed by atoms with Gasteiger partial charge in [0.25, 0.3) is 0 Å². The molecule has 1 amide bonds. The lowest BCUT2D eigenvalue weighted by Crippen LogP contribution is -2.30. The molecule has 136 valence electrons. The van der Waals surface area contributed by atoms with E-state index in [2.05, 4.69) is 28.1 Å². The molecule has 0 spiro atoms. The first-order valence-electron chi connectivity index (χ1n) is 8.54. The summed E-state index contributed by atoms with van der Waals surface area (Å²) in [5.74, 6) is 0.337. The van der Waals surface area contributed by atoms with E-state index >= 15 is 0 Å². The summed E-state index contributed by atoms with van der Waals surface area (Å²) in [5.41, 5.74) is 4.28. The average Bonchev–Trinajstić information content (AvgIpc) is 3.16. The van der Waals surface area contributed by atoms with E-state index in [0.29, 0.717) is 18.7 Å². The number of nitrogens with two attached hydrogens (primary N) is 1. The van der Waals surface area contributed by atoms with E-state index in [1.54, 1.807) is 11.0 Å². The number of carbonyl (C=O) groups is 1. The Morgan fingerprint density at radius 1 is 1.12 bits per heavy atom. The van der Waals surface area contributed by atoms with Crippen LogP contribution >= 0.6 is 15.9 Å². The second-order valence-corrected chi connectivity index (χ2v) is 9.50. The molecular weight excluding hydrogens is 416 g/mol. The quantitative estimate of drug-likeness (QED) is 0.805. The standard InChI is InChI=1S/C19H19BrN2O3S/c20-16-3-1-14-7-12(8-15(14)10-16)9-19(23)22-6-5-13-2-4-17(11-18(13)22)26(21,24)25/h1-4,10-12H,5-9H2,(H2,21,24,25)/t12-/m1/s1. The molecule has 1 heterocycles. The summed E-state index contributed by atoms with van der Waals surface area (Å²) in [6, 6.07) is 11.1. The maximum atomic E-state index is 12.9. The van der Waals surface area contributed by atoms with Crippen molar-refractivity contribution in [2.75, 3.05) is 11.4 Å². The number of nitrogens with zero attached hydrogens (tertiary/aromatic N) is 1. The Morgan fingerprint density at radius 3 is 2.62 bits per heavy atom. The first-order chi connectivity index (χ1) is 12.3. The molecule has 4 rings (SSSR count). The van der Waals surface area contributed by atoms with Crippen molar-refractivity contribution >= 4 is 37.5 Å². The van der Waals surface area contributed by atoms with Crippen LogP contribution in [0.15, 0.2) is 45.8 Å². The van der Waals surface area contributed by atoms with E-state index in [1.807, 2.05) is 6.07 Å². The first kappa shape index (κ1) is 17.7. The molecule has 1 atom stereocenters. The highest BCUT2D eigenvalue weighted by atomic mass is 79.9. The highest BCUT2D eigenvalue weighted by Crippen LogP contribution is 2.34. The molecule has 0 fully saturated rings. The fourth-order valence-electron chi connectivity index (χ4n) is 3.97. The number of hydrogen-bond donors (Lipinski definition) is 1. The molecule has 5 nitrogen and oxygen atoms in total. The highest BCUT2D eigenvalue weighted by Gasteiger charge is 2.30. The number of primary sulfonamides is 1. The van der Waals surface area contributed by atoms with E-state index in [4.69, 9.17) is 5.14 Å². The van der Waals surface area contributed by atoms with Gasteiger partial charge in [-0.05, 0) is 66.1 Å². The third-order valence-electron chi connectivity index (χ3n) is 5.23. The van der Waals surface area contributed by atoms with Crippen LogP contribution < -0.4 is 10.0 Å². The summed E-state index contributed by atoms with van der Waals surface area (Å²) in [6.07, 6.45) is 3.01. The summed E-state index contributed by atoms with van der Waals surface area (Å²) in [7, 11) is -3.78. The van der Waals surface area contributed by atoms with Gasteiger partial charge < -0.3 is 4.90 Å². The van der Waals surface area contributed by atoms with Gasteiger partial charge in [0.1, 0.15) is 0 Å². The van der Waals surface area contributed by atoms with Gasteiger partial charge in [0, 0.05) is 23.1 Å². The van der Waals surface area contributed by atoms with Crippen molar-refractivity contribution in [3.05, 3.63) is 57.6 Å². The molecule has 2 aliphatic rings. The van der Waals surface area contributed by atoms with Crippen LogP contribution in [0.2, 0.25) is 0 Å². The molecule has 0 bridgehead atoms. The van der Waals surface area contributed by atoms with Crippen molar-refractivity contribution in [1.29, 1.82) is 0 Å². The largest absolute Gasteiger partial charge is 0.312 e. The van der Waals surface area contributed by atoms with Crippen LogP contribution in [-0.2, 0) is 34.1 Å². The molecule has 1 aliphatic heterocycles.